The summed E-state index contributed by atoms with van der Waals surface area (Å²) in [4.78, 5) is 7.95. The molecule has 0 aliphatic heterocycles. The Morgan fingerprint density at radius 2 is 1.84 bits per heavy atom. The Labute approximate surface area is 106 Å². The average Bonchev–Trinajstić information content (AvgIpc) is 2.31. The van der Waals surface area contributed by atoms with Crippen LogP contribution in [-0.2, 0) is 0 Å². The molecule has 0 atom stereocenters. The second kappa shape index (κ2) is 4.75. The number of nitrogens with zero attached hydrogens (tertiary/aromatic N) is 2. The zero-order valence-corrected chi connectivity index (χ0v) is 9.77. The van der Waals surface area contributed by atoms with Gasteiger partial charge in [-0.05, 0) is 25.1 Å². The summed E-state index contributed by atoms with van der Waals surface area (Å²) in [5.74, 6) is -0.622. The lowest BCUT2D eigenvalue weighted by Crippen LogP contribution is -2.17. The van der Waals surface area contributed by atoms with Crippen LogP contribution < -0.4 is 4.74 Å². The molecule has 0 amide bonds. The highest BCUT2D eigenvalue weighted by molar-refractivity contribution is 5.70. The summed E-state index contributed by atoms with van der Waals surface area (Å²) in [6.07, 6.45) is -1.95. The van der Waals surface area contributed by atoms with Gasteiger partial charge in [0.2, 0.25) is 0 Å². The van der Waals surface area contributed by atoms with Gasteiger partial charge in [-0.2, -0.15) is 0 Å². The summed E-state index contributed by atoms with van der Waals surface area (Å²) in [6.45, 7) is 1.64. The first-order valence-corrected chi connectivity index (χ1v) is 5.23. The fourth-order valence-corrected chi connectivity index (χ4v) is 1.57. The number of hydrogen-bond donors (Lipinski definition) is 1. The van der Waals surface area contributed by atoms with Gasteiger partial charge in [0.05, 0.1) is 11.4 Å². The lowest BCUT2D eigenvalue weighted by molar-refractivity contribution is -0.274. The minimum absolute atomic E-state index is 0.132. The van der Waals surface area contributed by atoms with E-state index < -0.39 is 12.1 Å². The Hall–Kier alpha value is -2.31. The van der Waals surface area contributed by atoms with E-state index >= 15 is 0 Å². The lowest BCUT2D eigenvalue weighted by Gasteiger charge is -2.11. The Morgan fingerprint density at radius 3 is 2.47 bits per heavy atom. The molecule has 0 aliphatic carbocycles. The number of halogens is 3. The topological polar surface area (TPSA) is 55.2 Å². The molecule has 0 aliphatic rings. The van der Waals surface area contributed by atoms with E-state index in [0.29, 0.717) is 11.4 Å². The van der Waals surface area contributed by atoms with Crippen LogP contribution in [0.4, 0.5) is 13.2 Å². The van der Waals surface area contributed by atoms with E-state index in [0.717, 1.165) is 18.2 Å². The minimum Gasteiger partial charge on any atom is -0.507 e. The van der Waals surface area contributed by atoms with Crippen LogP contribution in [0, 0.1) is 6.92 Å². The highest BCUT2D eigenvalue weighted by Gasteiger charge is 2.31. The maximum Gasteiger partial charge on any atom is 0.573 e. The average molecular weight is 270 g/mol. The fraction of sp³-hybridized carbons (Fsp3) is 0.167. The maximum atomic E-state index is 12.1. The molecule has 1 N–H and O–H groups in total. The van der Waals surface area contributed by atoms with Crippen LogP contribution in [0.5, 0.6) is 11.5 Å². The highest BCUT2D eigenvalue weighted by Crippen LogP contribution is 2.34. The van der Waals surface area contributed by atoms with Gasteiger partial charge in [0.15, 0.2) is 0 Å². The molecule has 19 heavy (non-hydrogen) atoms. The lowest BCUT2D eigenvalue weighted by atomic mass is 10.1. The van der Waals surface area contributed by atoms with Crippen LogP contribution in [0.3, 0.4) is 0 Å². The highest BCUT2D eigenvalue weighted by atomic mass is 19.4. The molecule has 0 radical (unpaired) electrons. The molecular weight excluding hydrogens is 261 g/mol. The van der Waals surface area contributed by atoms with Crippen LogP contribution >= 0.6 is 0 Å². The molecule has 4 nitrogen and oxygen atoms in total. The predicted molar refractivity (Wildman–Crippen MR) is 60.6 cm³/mol. The summed E-state index contributed by atoms with van der Waals surface area (Å²) >= 11 is 0. The third-order valence-electron chi connectivity index (χ3n) is 2.34. The Morgan fingerprint density at radius 1 is 1.16 bits per heavy atom. The molecule has 0 fully saturated rings. The van der Waals surface area contributed by atoms with Gasteiger partial charge in [0.1, 0.15) is 11.5 Å². The van der Waals surface area contributed by atoms with Gasteiger partial charge in [-0.1, -0.05) is 0 Å². The monoisotopic (exact) mass is 270 g/mol. The van der Waals surface area contributed by atoms with Gasteiger partial charge in [-0.15, -0.1) is 13.2 Å². The summed E-state index contributed by atoms with van der Waals surface area (Å²) in [7, 11) is 0. The maximum absolute atomic E-state index is 12.1. The zero-order valence-electron chi connectivity index (χ0n) is 9.77. The van der Waals surface area contributed by atoms with E-state index in [1.165, 1.54) is 12.4 Å². The smallest absolute Gasteiger partial charge is 0.507 e. The second-order valence-electron chi connectivity index (χ2n) is 3.72. The van der Waals surface area contributed by atoms with E-state index in [9.17, 15) is 18.3 Å². The van der Waals surface area contributed by atoms with Crippen molar-refractivity contribution >= 4 is 0 Å². The van der Waals surface area contributed by atoms with Crippen molar-refractivity contribution in [2.75, 3.05) is 0 Å². The van der Waals surface area contributed by atoms with E-state index in [-0.39, 0.29) is 11.3 Å². The number of phenols is 1. The number of rotatable bonds is 2. The van der Waals surface area contributed by atoms with Gasteiger partial charge < -0.3 is 9.84 Å². The van der Waals surface area contributed by atoms with E-state index in [1.54, 1.807) is 6.92 Å². The molecule has 1 aromatic heterocycles. The molecular formula is C12H9F3N2O2. The molecule has 1 heterocycles. The summed E-state index contributed by atoms with van der Waals surface area (Å²) in [6, 6.07) is 3.21. The molecule has 1 aromatic carbocycles. The molecule has 100 valence electrons. The van der Waals surface area contributed by atoms with Gasteiger partial charge in [0.25, 0.3) is 0 Å². The number of alkyl halides is 3. The number of aryl methyl sites for hydroxylation is 1. The second-order valence-corrected chi connectivity index (χ2v) is 3.72. The van der Waals surface area contributed by atoms with E-state index in [1.807, 2.05) is 0 Å². The third-order valence-corrected chi connectivity index (χ3v) is 2.34. The Bertz CT molecular complexity index is 600. The first-order chi connectivity index (χ1) is 8.87. The third kappa shape index (κ3) is 3.12. The van der Waals surface area contributed by atoms with Gasteiger partial charge in [0, 0.05) is 18.0 Å². The normalized spacial score (nSPS) is 11.4. The first kappa shape index (κ1) is 13.1. The van der Waals surface area contributed by atoms with Crippen molar-refractivity contribution in [1.29, 1.82) is 0 Å². The molecule has 0 unspecified atom stereocenters. The largest absolute Gasteiger partial charge is 0.573 e. The van der Waals surface area contributed by atoms with Gasteiger partial charge in [-0.3, -0.25) is 9.97 Å². The summed E-state index contributed by atoms with van der Waals surface area (Å²) in [5, 5.41) is 9.71. The van der Waals surface area contributed by atoms with Crippen molar-refractivity contribution in [3.8, 4) is 22.8 Å². The number of phenolic OH excluding ortho intramolecular Hbond substituents is 1. The van der Waals surface area contributed by atoms with Crippen molar-refractivity contribution in [3.05, 3.63) is 36.3 Å². The van der Waals surface area contributed by atoms with Crippen molar-refractivity contribution in [1.82, 2.24) is 9.97 Å². The van der Waals surface area contributed by atoms with Crippen molar-refractivity contribution in [2.45, 2.75) is 13.3 Å². The molecule has 0 saturated heterocycles. The molecule has 0 spiro atoms. The van der Waals surface area contributed by atoms with Crippen molar-refractivity contribution in [3.63, 3.8) is 0 Å². The SMILES string of the molecule is Cc1nccnc1-c1cc(OC(F)(F)F)ccc1O. The number of benzene rings is 1. The van der Waals surface area contributed by atoms with Crippen LogP contribution in [-0.4, -0.2) is 21.4 Å². The molecule has 2 rings (SSSR count). The predicted octanol–water partition coefficient (Wildman–Crippen LogP) is 3.06. The first-order valence-electron chi connectivity index (χ1n) is 5.23. The molecule has 0 saturated carbocycles. The quantitative estimate of drug-likeness (QED) is 0.911. The van der Waals surface area contributed by atoms with Crippen LogP contribution in [0.25, 0.3) is 11.3 Å². The minimum atomic E-state index is -4.79. The van der Waals surface area contributed by atoms with E-state index in [2.05, 4.69) is 14.7 Å². The number of ether oxygens (including phenoxy) is 1. The number of hydrogen-bond acceptors (Lipinski definition) is 4. The Balaban J connectivity index is 2.46. The molecule has 2 aromatic rings. The Kier molecular flexibility index (Phi) is 3.28. The number of aromatic nitrogens is 2. The molecule has 7 heteroatoms. The summed E-state index contributed by atoms with van der Waals surface area (Å²) < 4.78 is 40.2. The molecule has 0 bridgehead atoms. The van der Waals surface area contributed by atoms with E-state index in [4.69, 9.17) is 0 Å². The van der Waals surface area contributed by atoms with Crippen LogP contribution in [0.15, 0.2) is 30.6 Å². The fourth-order valence-electron chi connectivity index (χ4n) is 1.57. The number of aromatic hydroxyl groups is 1. The van der Waals surface area contributed by atoms with Crippen LogP contribution in [0.1, 0.15) is 5.69 Å². The summed E-state index contributed by atoms with van der Waals surface area (Å²) in [5.41, 5.74) is 0.918. The standard InChI is InChI=1S/C12H9F3N2O2/c1-7-11(17-5-4-16-7)9-6-8(2-3-10(9)18)19-12(13,14)15/h2-6,18H,1H3. The van der Waals surface area contributed by atoms with Gasteiger partial charge >= 0.3 is 6.36 Å². The van der Waals surface area contributed by atoms with Crippen LogP contribution in [0.2, 0.25) is 0 Å². The van der Waals surface area contributed by atoms with Gasteiger partial charge in [-0.25, -0.2) is 0 Å². The van der Waals surface area contributed by atoms with Crippen molar-refractivity contribution in [2.24, 2.45) is 0 Å². The zero-order chi connectivity index (χ0) is 14.0. The van der Waals surface area contributed by atoms with Crippen molar-refractivity contribution < 1.29 is 23.0 Å².